The summed E-state index contributed by atoms with van der Waals surface area (Å²) < 4.78 is 9.88. The van der Waals surface area contributed by atoms with Crippen LogP contribution in [0.4, 0.5) is 28.8 Å². The maximum atomic E-state index is 12.6. The molecule has 5 aromatic rings. The van der Waals surface area contributed by atoms with Crippen LogP contribution < -0.4 is 53.0 Å². The molecule has 0 saturated carbocycles. The Morgan fingerprint density at radius 1 is 1.00 bits per heavy atom. The number of hydrogen-bond donors (Lipinski definition) is 7. The van der Waals surface area contributed by atoms with E-state index in [0.29, 0.717) is 36.4 Å². The molecule has 63 heavy (non-hydrogen) atoms. The fraction of sp³-hybridized carbons (Fsp3) is 0.375. The molecule has 8 N–H and O–H groups in total. The van der Waals surface area contributed by atoms with E-state index in [4.69, 9.17) is 15.6 Å². The third-order valence-corrected chi connectivity index (χ3v) is 10.8. The van der Waals surface area contributed by atoms with Crippen molar-refractivity contribution in [2.45, 2.75) is 31.5 Å². The third-order valence-electron chi connectivity index (χ3n) is 10.8. The van der Waals surface area contributed by atoms with Crippen molar-refractivity contribution in [1.82, 2.24) is 38.9 Å². The number of aliphatic carboxylic acids is 2. The van der Waals surface area contributed by atoms with Crippen molar-refractivity contribution in [3.8, 4) is 5.75 Å². The van der Waals surface area contributed by atoms with Crippen LogP contribution in [-0.2, 0) is 35.0 Å². The van der Waals surface area contributed by atoms with Crippen LogP contribution in [0.25, 0.3) is 11.2 Å². The number of hydrogen-bond acceptors (Lipinski definition) is 15. The number of methoxy groups -OCH3 is 1. The molecule has 2 aliphatic rings. The summed E-state index contributed by atoms with van der Waals surface area (Å²) in [7, 11) is 4.83. The SMILES string of the molecule is COc1ccccc1N1CCN(CCn2cnc3c2c(=O)n(C)c(=O)n3C)CC1.Nc1nc2c(c(=O)[nH]1)N(C=O)C(CNc1ccc(C(=O)NC(CCC(=O)O)C(=O)O)cc1)CN2. The summed E-state index contributed by atoms with van der Waals surface area (Å²) in [6.45, 7) is 5.74. The van der Waals surface area contributed by atoms with Crippen LogP contribution in [0.15, 0.2) is 69.2 Å². The van der Waals surface area contributed by atoms with Crippen LogP contribution in [0.5, 0.6) is 5.75 Å². The van der Waals surface area contributed by atoms with Gasteiger partial charge in [0.1, 0.15) is 11.8 Å². The van der Waals surface area contributed by atoms with Gasteiger partial charge in [0.25, 0.3) is 17.0 Å². The molecule has 0 spiro atoms. The zero-order valence-electron chi connectivity index (χ0n) is 34.8. The Morgan fingerprint density at radius 2 is 1.71 bits per heavy atom. The molecule has 2 aromatic carbocycles. The molecule has 23 heteroatoms. The van der Waals surface area contributed by atoms with Gasteiger partial charge in [-0.25, -0.2) is 14.6 Å². The van der Waals surface area contributed by atoms with E-state index in [1.807, 2.05) is 22.8 Å². The molecule has 7 rings (SSSR count). The largest absolute Gasteiger partial charge is 0.495 e. The topological polar surface area (TPSA) is 297 Å². The van der Waals surface area contributed by atoms with Crippen molar-refractivity contribution >= 4 is 64.2 Å². The highest BCUT2D eigenvalue weighted by atomic mass is 16.5. The van der Waals surface area contributed by atoms with Gasteiger partial charge in [0.15, 0.2) is 22.7 Å². The number of H-pyrrole nitrogens is 1. The van der Waals surface area contributed by atoms with Crippen molar-refractivity contribution in [2.75, 3.05) is 79.1 Å². The number of rotatable bonds is 15. The summed E-state index contributed by atoms with van der Waals surface area (Å²) in [4.78, 5) is 99.4. The first-order valence-corrected chi connectivity index (χ1v) is 19.9. The van der Waals surface area contributed by atoms with Gasteiger partial charge in [-0.15, -0.1) is 0 Å². The van der Waals surface area contributed by atoms with Gasteiger partial charge in [-0.05, 0) is 42.8 Å². The summed E-state index contributed by atoms with van der Waals surface area (Å²) in [5, 5.41) is 26.3. The molecular weight excluding hydrogens is 823 g/mol. The summed E-state index contributed by atoms with van der Waals surface area (Å²) in [6.07, 6.45) is 1.55. The number of aromatic nitrogens is 6. The molecule has 0 aliphatic carbocycles. The smallest absolute Gasteiger partial charge is 0.332 e. The molecule has 23 nitrogen and oxygen atoms in total. The minimum absolute atomic E-state index is 0.0603. The maximum Gasteiger partial charge on any atom is 0.332 e. The molecule has 3 aromatic heterocycles. The lowest BCUT2D eigenvalue weighted by Crippen LogP contribution is -2.50. The number of anilines is 5. The van der Waals surface area contributed by atoms with Gasteiger partial charge in [-0.1, -0.05) is 12.1 Å². The number of benzene rings is 2. The Balaban J connectivity index is 0.000000212. The second-order valence-corrected chi connectivity index (χ2v) is 14.8. The van der Waals surface area contributed by atoms with Crippen LogP contribution in [0.2, 0.25) is 0 Å². The molecule has 2 atom stereocenters. The molecule has 5 heterocycles. The second-order valence-electron chi connectivity index (χ2n) is 14.8. The standard InChI is InChI=1S/C20H23N7O7.C20H26N6O3/c21-20-25-16-15(18(32)26-20)27(9-28)12(8-23-16)7-22-11-3-1-10(2-4-11)17(31)24-13(19(33)34)5-6-14(29)30;1-22-18-17(19(27)23(2)20(22)28)26(14-21-18)13-10-24-8-11-25(12-9-24)15-6-4-5-7-16(15)29-3/h1-4,9,12-13,22H,5-8H2,(H,24,31)(H,29,30)(H,33,34)(H4,21,23,25,26,32);4-7,14H,8-13H2,1-3H3. The predicted octanol–water partition coefficient (Wildman–Crippen LogP) is -0.467. The van der Waals surface area contributed by atoms with E-state index in [1.54, 1.807) is 32.6 Å². The number of fused-ring (bicyclic) bond motifs is 2. The van der Waals surface area contributed by atoms with E-state index in [2.05, 4.69) is 46.8 Å². The highest BCUT2D eigenvalue weighted by Gasteiger charge is 2.30. The van der Waals surface area contributed by atoms with E-state index < -0.39 is 41.9 Å². The first-order chi connectivity index (χ1) is 30.2. The van der Waals surface area contributed by atoms with E-state index in [1.165, 1.54) is 28.6 Å². The summed E-state index contributed by atoms with van der Waals surface area (Å²) in [5.74, 6) is -2.11. The van der Waals surface area contributed by atoms with E-state index in [0.717, 1.165) is 48.7 Å². The van der Waals surface area contributed by atoms with Crippen LogP contribution in [0.1, 0.15) is 23.2 Å². The van der Waals surface area contributed by atoms with Gasteiger partial charge in [0.2, 0.25) is 12.4 Å². The minimum atomic E-state index is -1.33. The Hall–Kier alpha value is -7.69. The Kier molecular flexibility index (Phi) is 14.1. The Bertz CT molecular complexity index is 2650. The van der Waals surface area contributed by atoms with Crippen molar-refractivity contribution < 1.29 is 34.1 Å². The van der Waals surface area contributed by atoms with Crippen LogP contribution in [0, 0.1) is 0 Å². The molecule has 0 bridgehead atoms. The van der Waals surface area contributed by atoms with Gasteiger partial charge < -0.3 is 51.0 Å². The van der Waals surface area contributed by atoms with E-state index >= 15 is 0 Å². The monoisotopic (exact) mass is 871 g/mol. The molecule has 1 fully saturated rings. The number of imidazole rings is 1. The number of aryl methyl sites for hydroxylation is 1. The minimum Gasteiger partial charge on any atom is -0.495 e. The number of nitrogen functional groups attached to an aromatic ring is 1. The number of carbonyl (C=O) groups is 4. The molecule has 0 radical (unpaired) electrons. The van der Waals surface area contributed by atoms with Gasteiger partial charge in [0, 0.05) is 84.1 Å². The molecule has 2 unspecified atom stereocenters. The fourth-order valence-corrected chi connectivity index (χ4v) is 7.31. The molecule has 1 saturated heterocycles. The Labute approximate surface area is 358 Å². The van der Waals surface area contributed by atoms with Gasteiger partial charge in [0.05, 0.1) is 25.2 Å². The van der Waals surface area contributed by atoms with Crippen molar-refractivity contribution in [3.63, 3.8) is 0 Å². The van der Waals surface area contributed by atoms with Gasteiger partial charge >= 0.3 is 17.6 Å². The number of amides is 2. The Morgan fingerprint density at radius 3 is 2.38 bits per heavy atom. The first kappa shape index (κ1) is 44.9. The number of aromatic amines is 1. The third kappa shape index (κ3) is 10.3. The van der Waals surface area contributed by atoms with Crippen LogP contribution >= 0.6 is 0 Å². The number of nitrogens with zero attached hydrogens (tertiary/aromatic N) is 8. The molecular formula is C40H49N13O10. The number of para-hydroxylation sites is 2. The summed E-state index contributed by atoms with van der Waals surface area (Å²) in [5.41, 5.74) is 7.20. The summed E-state index contributed by atoms with van der Waals surface area (Å²) >= 11 is 0. The normalized spacial score (nSPS) is 15.3. The zero-order chi connectivity index (χ0) is 45.4. The number of nitrogens with one attached hydrogen (secondary N) is 4. The maximum absolute atomic E-state index is 12.6. The number of carbonyl (C=O) groups excluding carboxylic acids is 2. The number of carboxylic acid groups (broad SMARTS) is 2. The zero-order valence-corrected chi connectivity index (χ0v) is 34.8. The van der Waals surface area contributed by atoms with Crippen molar-refractivity contribution in [3.05, 3.63) is 91.6 Å². The highest BCUT2D eigenvalue weighted by molar-refractivity contribution is 5.97. The number of ether oxygens (including phenoxy) is 1. The molecule has 2 amide bonds. The van der Waals surface area contributed by atoms with Gasteiger partial charge in [-0.3, -0.25) is 43.0 Å². The van der Waals surface area contributed by atoms with Crippen LogP contribution in [-0.4, -0.2) is 133 Å². The lowest BCUT2D eigenvalue weighted by molar-refractivity contribution is -0.140. The molecule has 2 aliphatic heterocycles. The first-order valence-electron chi connectivity index (χ1n) is 19.9. The fourth-order valence-electron chi connectivity index (χ4n) is 7.31. The summed E-state index contributed by atoms with van der Waals surface area (Å²) in [6, 6.07) is 12.4. The molecule has 334 valence electrons. The number of nitrogens with two attached hydrogens (primary N) is 1. The van der Waals surface area contributed by atoms with E-state index in [-0.39, 0.29) is 47.2 Å². The average molecular weight is 872 g/mol. The quantitative estimate of drug-likeness (QED) is 0.0655. The second kappa shape index (κ2) is 19.8. The van der Waals surface area contributed by atoms with E-state index in [9.17, 15) is 38.7 Å². The number of piperazine rings is 1. The average Bonchev–Trinajstić information content (AvgIpc) is 3.72. The van der Waals surface area contributed by atoms with Crippen molar-refractivity contribution in [2.24, 2.45) is 14.1 Å². The lowest BCUT2D eigenvalue weighted by atomic mass is 10.1. The number of carboxylic acids is 2. The van der Waals surface area contributed by atoms with Crippen LogP contribution in [0.3, 0.4) is 0 Å². The van der Waals surface area contributed by atoms with Gasteiger partial charge in [-0.2, -0.15) is 4.98 Å². The highest BCUT2D eigenvalue weighted by Crippen LogP contribution is 2.28. The predicted molar refractivity (Wildman–Crippen MR) is 233 cm³/mol. The lowest BCUT2D eigenvalue weighted by Gasteiger charge is -2.36. The van der Waals surface area contributed by atoms with Crippen molar-refractivity contribution in [1.29, 1.82) is 0 Å².